The van der Waals surface area contributed by atoms with E-state index in [0.29, 0.717) is 16.5 Å². The summed E-state index contributed by atoms with van der Waals surface area (Å²) in [4.78, 5) is 18.4. The van der Waals surface area contributed by atoms with Gasteiger partial charge in [-0.2, -0.15) is 4.80 Å². The summed E-state index contributed by atoms with van der Waals surface area (Å²) in [5.74, 6) is -0.000992. The molecule has 0 amide bonds. The lowest BCUT2D eigenvalue weighted by molar-refractivity contribution is -0.146. The van der Waals surface area contributed by atoms with Crippen LogP contribution in [0.1, 0.15) is 5.56 Å². The number of hydrogen-bond donors (Lipinski definition) is 0. The van der Waals surface area contributed by atoms with Crippen LogP contribution in [0.3, 0.4) is 0 Å². The number of tetrazole rings is 1. The molecule has 0 aliphatic heterocycles. The maximum atomic E-state index is 12.0. The van der Waals surface area contributed by atoms with Crippen molar-refractivity contribution in [1.29, 1.82) is 0 Å². The number of fused-ring (bicyclic) bond motifs is 1. The minimum atomic E-state index is -0.482. The van der Waals surface area contributed by atoms with Gasteiger partial charge in [-0.15, -0.1) is 21.5 Å². The first kappa shape index (κ1) is 16.6. The summed E-state index contributed by atoms with van der Waals surface area (Å²) in [7, 11) is 0. The van der Waals surface area contributed by atoms with E-state index in [9.17, 15) is 4.79 Å². The Morgan fingerprint density at radius 2 is 2.12 bits per heavy atom. The van der Waals surface area contributed by atoms with Crippen LogP contribution < -0.4 is 0 Å². The van der Waals surface area contributed by atoms with E-state index in [1.54, 1.807) is 0 Å². The minimum absolute atomic E-state index is 0.0297. The zero-order valence-electron chi connectivity index (χ0n) is 13.4. The molecule has 0 fully saturated rings. The van der Waals surface area contributed by atoms with Gasteiger partial charge >= 0.3 is 5.97 Å². The highest BCUT2D eigenvalue weighted by molar-refractivity contribution is 7.13. The number of esters is 1. The van der Waals surface area contributed by atoms with Crippen LogP contribution in [0.25, 0.3) is 21.6 Å². The van der Waals surface area contributed by atoms with Crippen molar-refractivity contribution in [2.75, 3.05) is 0 Å². The lowest BCUT2D eigenvalue weighted by atomic mass is 10.2. The normalized spacial score (nSPS) is 11.0. The highest BCUT2D eigenvalue weighted by Crippen LogP contribution is 2.21. The van der Waals surface area contributed by atoms with Crippen molar-refractivity contribution in [2.45, 2.75) is 13.2 Å². The maximum absolute atomic E-state index is 12.0. The van der Waals surface area contributed by atoms with Crippen molar-refractivity contribution >= 4 is 39.8 Å². The summed E-state index contributed by atoms with van der Waals surface area (Å²) in [5.41, 5.74) is 1.44. The van der Waals surface area contributed by atoms with E-state index in [1.165, 1.54) is 16.1 Å². The van der Waals surface area contributed by atoms with Gasteiger partial charge in [-0.3, -0.25) is 0 Å². The predicted octanol–water partition coefficient (Wildman–Crippen LogP) is 3.35. The Morgan fingerprint density at radius 3 is 2.96 bits per heavy atom. The molecule has 3 aromatic heterocycles. The number of ether oxygens (including phenoxy) is 1. The molecule has 0 spiro atoms. The van der Waals surface area contributed by atoms with Crippen LogP contribution in [0.2, 0.25) is 5.15 Å². The van der Waals surface area contributed by atoms with E-state index < -0.39 is 5.97 Å². The SMILES string of the molecule is O=C(Cn1nnc(-c2cccs2)n1)OCc1cc2ccccc2nc1Cl. The fraction of sp³-hybridized carbons (Fsp3) is 0.118. The Kier molecular flexibility index (Phi) is 4.59. The standard InChI is InChI=1S/C17H12ClN5O2S/c18-16-12(8-11-4-1-2-5-13(11)19-16)10-25-15(24)9-23-21-17(20-22-23)14-6-3-7-26-14/h1-8H,9-10H2. The predicted molar refractivity (Wildman–Crippen MR) is 97.7 cm³/mol. The number of carbonyl (C=O) groups is 1. The molecule has 4 rings (SSSR count). The Balaban J connectivity index is 1.40. The van der Waals surface area contributed by atoms with E-state index in [1.807, 2.05) is 47.8 Å². The summed E-state index contributed by atoms with van der Waals surface area (Å²) in [6.45, 7) is -0.0982. The molecule has 130 valence electrons. The van der Waals surface area contributed by atoms with Gasteiger partial charge in [-0.05, 0) is 28.8 Å². The Bertz CT molecular complexity index is 1060. The monoisotopic (exact) mass is 385 g/mol. The molecule has 0 bridgehead atoms. The number of benzene rings is 1. The van der Waals surface area contributed by atoms with Crippen molar-refractivity contribution in [3.8, 4) is 10.7 Å². The summed E-state index contributed by atoms with van der Waals surface area (Å²) in [5, 5.41) is 15.1. The second kappa shape index (κ2) is 7.19. The van der Waals surface area contributed by atoms with Crippen molar-refractivity contribution in [2.24, 2.45) is 0 Å². The second-order valence-electron chi connectivity index (χ2n) is 5.41. The van der Waals surface area contributed by atoms with Gasteiger partial charge in [0.25, 0.3) is 0 Å². The molecule has 0 N–H and O–H groups in total. The third-order valence-electron chi connectivity index (χ3n) is 3.60. The molecule has 0 atom stereocenters. The number of pyridine rings is 1. The molecule has 0 aliphatic rings. The average molecular weight is 386 g/mol. The largest absolute Gasteiger partial charge is 0.459 e. The summed E-state index contributed by atoms with van der Waals surface area (Å²) < 4.78 is 5.27. The third kappa shape index (κ3) is 3.56. The van der Waals surface area contributed by atoms with Gasteiger partial charge in [0.05, 0.1) is 10.4 Å². The van der Waals surface area contributed by atoms with E-state index in [4.69, 9.17) is 16.3 Å². The second-order valence-corrected chi connectivity index (χ2v) is 6.72. The zero-order valence-corrected chi connectivity index (χ0v) is 14.9. The number of rotatable bonds is 5. The highest BCUT2D eigenvalue weighted by Gasteiger charge is 2.12. The van der Waals surface area contributed by atoms with Gasteiger partial charge in [0.15, 0.2) is 6.54 Å². The van der Waals surface area contributed by atoms with Crippen LogP contribution in [-0.2, 0) is 22.7 Å². The van der Waals surface area contributed by atoms with E-state index >= 15 is 0 Å². The van der Waals surface area contributed by atoms with Crippen molar-refractivity contribution in [1.82, 2.24) is 25.2 Å². The Hall–Kier alpha value is -2.84. The van der Waals surface area contributed by atoms with E-state index in [0.717, 1.165) is 15.8 Å². The number of para-hydroxylation sites is 1. The molecule has 0 radical (unpaired) electrons. The summed E-state index contributed by atoms with van der Waals surface area (Å²) in [6.07, 6.45) is 0. The van der Waals surface area contributed by atoms with Crippen molar-refractivity contribution < 1.29 is 9.53 Å². The lowest BCUT2D eigenvalue weighted by Gasteiger charge is -2.07. The van der Waals surface area contributed by atoms with Crippen LogP contribution >= 0.6 is 22.9 Å². The molecule has 26 heavy (non-hydrogen) atoms. The third-order valence-corrected chi connectivity index (χ3v) is 4.80. The van der Waals surface area contributed by atoms with Gasteiger partial charge in [0, 0.05) is 10.9 Å². The van der Waals surface area contributed by atoms with Crippen LogP contribution in [0.4, 0.5) is 0 Å². The molecule has 0 aliphatic carbocycles. The number of halogens is 1. The molecule has 3 heterocycles. The van der Waals surface area contributed by atoms with E-state index in [2.05, 4.69) is 20.4 Å². The quantitative estimate of drug-likeness (QED) is 0.387. The first-order chi connectivity index (χ1) is 12.7. The van der Waals surface area contributed by atoms with Crippen LogP contribution in [-0.4, -0.2) is 31.2 Å². The van der Waals surface area contributed by atoms with E-state index in [-0.39, 0.29) is 13.2 Å². The molecule has 0 saturated heterocycles. The maximum Gasteiger partial charge on any atom is 0.330 e. The molecule has 4 aromatic rings. The zero-order chi connectivity index (χ0) is 17.9. The van der Waals surface area contributed by atoms with Crippen LogP contribution in [0.5, 0.6) is 0 Å². The molecule has 9 heteroatoms. The molecular formula is C17H12ClN5O2S. The number of hydrogen-bond acceptors (Lipinski definition) is 7. The summed E-state index contributed by atoms with van der Waals surface area (Å²) >= 11 is 7.67. The van der Waals surface area contributed by atoms with Gasteiger partial charge in [0.1, 0.15) is 11.8 Å². The minimum Gasteiger partial charge on any atom is -0.459 e. The molecule has 7 nitrogen and oxygen atoms in total. The fourth-order valence-electron chi connectivity index (χ4n) is 2.37. The lowest BCUT2D eigenvalue weighted by Crippen LogP contribution is -2.16. The molecule has 0 unspecified atom stereocenters. The highest BCUT2D eigenvalue weighted by atomic mass is 35.5. The molecule has 1 aromatic carbocycles. The first-order valence-electron chi connectivity index (χ1n) is 7.70. The van der Waals surface area contributed by atoms with Crippen molar-refractivity contribution in [3.63, 3.8) is 0 Å². The molecule has 0 saturated carbocycles. The van der Waals surface area contributed by atoms with Gasteiger partial charge < -0.3 is 4.74 Å². The first-order valence-corrected chi connectivity index (χ1v) is 8.96. The number of carbonyl (C=O) groups excluding carboxylic acids is 1. The Labute approximate surface area is 157 Å². The average Bonchev–Trinajstić information content (AvgIpc) is 3.31. The van der Waals surface area contributed by atoms with Crippen LogP contribution in [0.15, 0.2) is 47.8 Å². The van der Waals surface area contributed by atoms with Crippen molar-refractivity contribution in [3.05, 3.63) is 58.6 Å². The number of aromatic nitrogens is 5. The van der Waals surface area contributed by atoms with Crippen LogP contribution in [0, 0.1) is 0 Å². The summed E-state index contributed by atoms with van der Waals surface area (Å²) in [6, 6.07) is 13.3. The van der Waals surface area contributed by atoms with Gasteiger partial charge in [-0.1, -0.05) is 35.9 Å². The molecular weight excluding hydrogens is 374 g/mol. The topological polar surface area (TPSA) is 82.8 Å². The fourth-order valence-corrected chi connectivity index (χ4v) is 3.22. The van der Waals surface area contributed by atoms with Gasteiger partial charge in [0.2, 0.25) is 5.82 Å². The number of thiophene rings is 1. The number of nitrogens with zero attached hydrogens (tertiary/aromatic N) is 5. The Morgan fingerprint density at radius 1 is 1.23 bits per heavy atom. The van der Waals surface area contributed by atoms with Gasteiger partial charge in [-0.25, -0.2) is 9.78 Å². The smallest absolute Gasteiger partial charge is 0.330 e.